The van der Waals surface area contributed by atoms with Crippen molar-refractivity contribution in [2.75, 3.05) is 25.0 Å². The van der Waals surface area contributed by atoms with Crippen LogP contribution in [0.2, 0.25) is 0 Å². The summed E-state index contributed by atoms with van der Waals surface area (Å²) in [6.07, 6.45) is 4.79. The number of nitrogens with one attached hydrogen (secondary N) is 1. The molecule has 0 unspecified atom stereocenters. The molecule has 1 aromatic rings. The maximum absolute atomic E-state index is 5.92. The molecule has 120 valence electrons. The normalized spacial score (nSPS) is 27.6. The number of likely N-dealkylation sites (tertiary alicyclic amines) is 1. The SMILES string of the molecule is CC1(C)C[C@@]2(CCCN(C(=S)Nc3ccccc3)C2)CCO1. The van der Waals surface area contributed by atoms with Crippen LogP contribution in [0.4, 0.5) is 5.69 Å². The Hall–Kier alpha value is -1.13. The Labute approximate surface area is 139 Å². The van der Waals surface area contributed by atoms with Gasteiger partial charge in [-0.25, -0.2) is 0 Å². The van der Waals surface area contributed by atoms with E-state index in [1.54, 1.807) is 0 Å². The third-order valence-corrected chi connectivity index (χ3v) is 5.26. The van der Waals surface area contributed by atoms with Crippen LogP contribution in [0.3, 0.4) is 0 Å². The van der Waals surface area contributed by atoms with Gasteiger partial charge in [-0.1, -0.05) is 18.2 Å². The summed E-state index contributed by atoms with van der Waals surface area (Å²) in [5.74, 6) is 0. The van der Waals surface area contributed by atoms with Gasteiger partial charge in [-0.2, -0.15) is 0 Å². The van der Waals surface area contributed by atoms with E-state index in [9.17, 15) is 0 Å². The minimum Gasteiger partial charge on any atom is -0.376 e. The lowest BCUT2D eigenvalue weighted by atomic mass is 9.69. The molecule has 0 amide bonds. The first-order valence-corrected chi connectivity index (χ1v) is 8.64. The lowest BCUT2D eigenvalue weighted by Crippen LogP contribution is -2.52. The van der Waals surface area contributed by atoms with Gasteiger partial charge in [-0.15, -0.1) is 0 Å². The van der Waals surface area contributed by atoms with E-state index in [0.29, 0.717) is 5.41 Å². The summed E-state index contributed by atoms with van der Waals surface area (Å²) in [7, 11) is 0. The van der Waals surface area contributed by atoms with E-state index in [0.717, 1.165) is 43.3 Å². The number of hydrogen-bond acceptors (Lipinski definition) is 2. The minimum absolute atomic E-state index is 0.00423. The van der Waals surface area contributed by atoms with Gasteiger partial charge in [0.05, 0.1) is 5.60 Å². The minimum atomic E-state index is -0.00423. The second-order valence-corrected chi connectivity index (χ2v) is 7.74. The number of rotatable bonds is 1. The van der Waals surface area contributed by atoms with Crippen LogP contribution in [-0.4, -0.2) is 35.3 Å². The fraction of sp³-hybridized carbons (Fsp3) is 0.611. The Balaban J connectivity index is 1.66. The highest BCUT2D eigenvalue weighted by molar-refractivity contribution is 7.80. The zero-order chi connectivity index (χ0) is 15.6. The molecular weight excluding hydrogens is 292 g/mol. The molecule has 2 saturated heterocycles. The number of hydrogen-bond donors (Lipinski definition) is 1. The molecule has 3 nitrogen and oxygen atoms in total. The Kier molecular flexibility index (Phi) is 4.42. The van der Waals surface area contributed by atoms with Gasteiger partial charge in [0, 0.05) is 25.4 Å². The van der Waals surface area contributed by atoms with Crippen LogP contribution in [-0.2, 0) is 4.74 Å². The molecule has 1 atom stereocenters. The lowest BCUT2D eigenvalue weighted by Gasteiger charge is -2.50. The zero-order valence-corrected chi connectivity index (χ0v) is 14.4. The number of benzene rings is 1. The van der Waals surface area contributed by atoms with E-state index in [-0.39, 0.29) is 5.60 Å². The molecule has 3 rings (SSSR count). The topological polar surface area (TPSA) is 24.5 Å². The average molecular weight is 318 g/mol. The van der Waals surface area contributed by atoms with Crippen LogP contribution < -0.4 is 5.32 Å². The van der Waals surface area contributed by atoms with E-state index in [4.69, 9.17) is 17.0 Å². The Bertz CT molecular complexity index is 527. The van der Waals surface area contributed by atoms with Crippen molar-refractivity contribution in [1.82, 2.24) is 4.90 Å². The van der Waals surface area contributed by atoms with Crippen molar-refractivity contribution in [3.63, 3.8) is 0 Å². The first-order valence-electron chi connectivity index (χ1n) is 8.23. The van der Waals surface area contributed by atoms with Crippen molar-refractivity contribution in [3.8, 4) is 0 Å². The third kappa shape index (κ3) is 3.61. The summed E-state index contributed by atoms with van der Waals surface area (Å²) >= 11 is 5.65. The fourth-order valence-corrected chi connectivity index (χ4v) is 4.31. The Morgan fingerprint density at radius 1 is 1.23 bits per heavy atom. The molecule has 1 aromatic carbocycles. The molecular formula is C18H26N2OS. The molecule has 0 aromatic heterocycles. The maximum Gasteiger partial charge on any atom is 0.173 e. The van der Waals surface area contributed by atoms with Crippen LogP contribution in [0.25, 0.3) is 0 Å². The molecule has 2 aliphatic rings. The maximum atomic E-state index is 5.92. The number of para-hydroxylation sites is 1. The van der Waals surface area contributed by atoms with E-state index >= 15 is 0 Å². The van der Waals surface area contributed by atoms with Gasteiger partial charge in [0.15, 0.2) is 5.11 Å². The van der Waals surface area contributed by atoms with Crippen LogP contribution in [0.5, 0.6) is 0 Å². The summed E-state index contributed by atoms with van der Waals surface area (Å²) in [6.45, 7) is 7.42. The van der Waals surface area contributed by atoms with E-state index < -0.39 is 0 Å². The number of ether oxygens (including phenoxy) is 1. The highest BCUT2D eigenvalue weighted by atomic mass is 32.1. The Morgan fingerprint density at radius 2 is 2.00 bits per heavy atom. The van der Waals surface area contributed by atoms with Gasteiger partial charge in [0.2, 0.25) is 0 Å². The number of thiocarbonyl (C=S) groups is 1. The van der Waals surface area contributed by atoms with Crippen molar-refractivity contribution in [3.05, 3.63) is 30.3 Å². The molecule has 0 saturated carbocycles. The molecule has 2 heterocycles. The number of nitrogens with zero attached hydrogens (tertiary/aromatic N) is 1. The van der Waals surface area contributed by atoms with Crippen molar-refractivity contribution in [2.24, 2.45) is 5.41 Å². The molecule has 0 aliphatic carbocycles. The summed E-state index contributed by atoms with van der Waals surface area (Å²) in [5.41, 5.74) is 1.43. The largest absolute Gasteiger partial charge is 0.376 e. The van der Waals surface area contributed by atoms with Crippen molar-refractivity contribution in [1.29, 1.82) is 0 Å². The quantitative estimate of drug-likeness (QED) is 0.789. The van der Waals surface area contributed by atoms with Gasteiger partial charge in [-0.3, -0.25) is 0 Å². The lowest BCUT2D eigenvalue weighted by molar-refractivity contribution is -0.117. The van der Waals surface area contributed by atoms with Gasteiger partial charge in [0.25, 0.3) is 0 Å². The molecule has 0 bridgehead atoms. The molecule has 1 N–H and O–H groups in total. The van der Waals surface area contributed by atoms with Gasteiger partial charge in [-0.05, 0) is 69.3 Å². The van der Waals surface area contributed by atoms with Gasteiger partial charge < -0.3 is 15.0 Å². The predicted molar refractivity (Wildman–Crippen MR) is 95.2 cm³/mol. The van der Waals surface area contributed by atoms with Crippen LogP contribution in [0.1, 0.15) is 39.5 Å². The predicted octanol–water partition coefficient (Wildman–Crippen LogP) is 4.05. The highest BCUT2D eigenvalue weighted by Gasteiger charge is 2.43. The second kappa shape index (κ2) is 6.17. The van der Waals surface area contributed by atoms with Crippen LogP contribution in [0, 0.1) is 5.41 Å². The average Bonchev–Trinajstić information content (AvgIpc) is 2.47. The van der Waals surface area contributed by atoms with E-state index in [1.807, 2.05) is 18.2 Å². The van der Waals surface area contributed by atoms with Crippen molar-refractivity contribution in [2.45, 2.75) is 45.1 Å². The molecule has 2 aliphatic heterocycles. The molecule has 0 radical (unpaired) electrons. The standard InChI is InChI=1S/C18H26N2OS/c1-17(2)13-18(10-12-21-17)9-6-11-20(14-18)16(22)19-15-7-4-3-5-8-15/h3-5,7-8H,6,9-14H2,1-2H3,(H,19,22)/t18-/m1/s1. The first kappa shape index (κ1) is 15.8. The van der Waals surface area contributed by atoms with Gasteiger partial charge in [0.1, 0.15) is 0 Å². The van der Waals surface area contributed by atoms with E-state index in [2.05, 4.69) is 36.2 Å². The van der Waals surface area contributed by atoms with Crippen molar-refractivity contribution >= 4 is 23.0 Å². The molecule has 22 heavy (non-hydrogen) atoms. The van der Waals surface area contributed by atoms with Crippen molar-refractivity contribution < 1.29 is 4.74 Å². The van der Waals surface area contributed by atoms with Gasteiger partial charge >= 0.3 is 0 Å². The highest BCUT2D eigenvalue weighted by Crippen LogP contribution is 2.44. The third-order valence-electron chi connectivity index (χ3n) is 4.90. The van der Waals surface area contributed by atoms with Crippen LogP contribution in [0.15, 0.2) is 30.3 Å². The summed E-state index contributed by atoms with van der Waals surface area (Å²) < 4.78 is 5.92. The summed E-state index contributed by atoms with van der Waals surface area (Å²) in [4.78, 5) is 2.35. The smallest absolute Gasteiger partial charge is 0.173 e. The zero-order valence-electron chi connectivity index (χ0n) is 13.6. The molecule has 4 heteroatoms. The van der Waals surface area contributed by atoms with E-state index in [1.165, 1.54) is 12.8 Å². The monoisotopic (exact) mass is 318 g/mol. The van der Waals surface area contributed by atoms with Crippen LogP contribution >= 0.6 is 12.2 Å². The number of anilines is 1. The number of piperidine rings is 1. The molecule has 2 fully saturated rings. The fourth-order valence-electron chi connectivity index (χ4n) is 4.04. The molecule has 1 spiro atoms. The second-order valence-electron chi connectivity index (χ2n) is 7.36. The summed E-state index contributed by atoms with van der Waals surface area (Å²) in [5, 5.41) is 4.24. The Morgan fingerprint density at radius 3 is 2.73 bits per heavy atom. The summed E-state index contributed by atoms with van der Waals surface area (Å²) in [6, 6.07) is 10.2. The first-order chi connectivity index (χ1) is 10.5.